The second-order valence-electron chi connectivity index (χ2n) is 5.43. The Hall–Kier alpha value is -2.54. The van der Waals surface area contributed by atoms with Gasteiger partial charge in [0.25, 0.3) is 5.69 Å². The van der Waals surface area contributed by atoms with E-state index in [-0.39, 0.29) is 22.6 Å². The van der Waals surface area contributed by atoms with Crippen molar-refractivity contribution in [3.8, 4) is 5.75 Å². The highest BCUT2D eigenvalue weighted by Gasteiger charge is 2.13. The largest absolute Gasteiger partial charge is 0.497 e. The first-order chi connectivity index (χ1) is 12.0. The predicted molar refractivity (Wildman–Crippen MR) is 98.8 cm³/mol. The lowest BCUT2D eigenvalue weighted by Gasteiger charge is -2.12. The molecular formula is C18H20N2O4S. The molecule has 0 aliphatic heterocycles. The quantitative estimate of drug-likeness (QED) is 0.573. The van der Waals surface area contributed by atoms with Crippen LogP contribution >= 0.6 is 11.8 Å². The van der Waals surface area contributed by atoms with Gasteiger partial charge in [-0.2, -0.15) is 0 Å². The van der Waals surface area contributed by atoms with Gasteiger partial charge < -0.3 is 10.1 Å². The van der Waals surface area contributed by atoms with Gasteiger partial charge >= 0.3 is 0 Å². The second kappa shape index (κ2) is 9.08. The minimum absolute atomic E-state index is 0.0116. The zero-order valence-corrected chi connectivity index (χ0v) is 14.9. The van der Waals surface area contributed by atoms with Crippen molar-refractivity contribution in [2.24, 2.45) is 0 Å². The van der Waals surface area contributed by atoms with E-state index in [0.717, 1.165) is 16.9 Å². The number of nitro benzene ring substituents is 1. The standard InChI is InChI=1S/C18H20N2O4S/c1-13(15-6-4-7-16(10-15)20(22)23)25-12-18(21)19-11-14-5-3-8-17(9-14)24-2/h3-10,13H,11-12H2,1-2H3,(H,19,21)/t13-/m1/s1. The van der Waals surface area contributed by atoms with Crippen LogP contribution in [0.1, 0.15) is 23.3 Å². The Morgan fingerprint density at radius 2 is 2.04 bits per heavy atom. The fraction of sp³-hybridized carbons (Fsp3) is 0.278. The van der Waals surface area contributed by atoms with Gasteiger partial charge in [0, 0.05) is 23.9 Å². The zero-order valence-electron chi connectivity index (χ0n) is 14.1. The van der Waals surface area contributed by atoms with Crippen LogP contribution < -0.4 is 10.1 Å². The Morgan fingerprint density at radius 1 is 1.28 bits per heavy atom. The average Bonchev–Trinajstić information content (AvgIpc) is 2.64. The summed E-state index contributed by atoms with van der Waals surface area (Å²) in [6, 6.07) is 14.0. The number of carbonyl (C=O) groups is 1. The van der Waals surface area contributed by atoms with Gasteiger partial charge in [-0.3, -0.25) is 14.9 Å². The molecule has 0 bridgehead atoms. The van der Waals surface area contributed by atoms with Gasteiger partial charge in [0.05, 0.1) is 17.8 Å². The molecule has 0 spiro atoms. The van der Waals surface area contributed by atoms with Crippen molar-refractivity contribution < 1.29 is 14.5 Å². The van der Waals surface area contributed by atoms with E-state index in [1.54, 1.807) is 19.2 Å². The third-order valence-electron chi connectivity index (χ3n) is 3.64. The Bertz CT molecular complexity index is 751. The molecule has 1 atom stereocenters. The SMILES string of the molecule is COc1cccc(CNC(=O)CS[C@H](C)c2cccc([N+](=O)[O-])c2)c1. The van der Waals surface area contributed by atoms with E-state index in [0.29, 0.717) is 6.54 Å². The number of amides is 1. The molecule has 132 valence electrons. The molecule has 0 saturated heterocycles. The lowest BCUT2D eigenvalue weighted by molar-refractivity contribution is -0.384. The van der Waals surface area contributed by atoms with E-state index in [9.17, 15) is 14.9 Å². The summed E-state index contributed by atoms with van der Waals surface area (Å²) >= 11 is 1.44. The van der Waals surface area contributed by atoms with Gasteiger partial charge in [-0.15, -0.1) is 11.8 Å². The minimum atomic E-state index is -0.415. The summed E-state index contributed by atoms with van der Waals surface area (Å²) in [7, 11) is 1.60. The normalized spacial score (nSPS) is 11.6. The molecular weight excluding hydrogens is 340 g/mol. The van der Waals surface area contributed by atoms with Crippen molar-refractivity contribution in [2.75, 3.05) is 12.9 Å². The van der Waals surface area contributed by atoms with Crippen molar-refractivity contribution in [1.29, 1.82) is 0 Å². The van der Waals surface area contributed by atoms with E-state index >= 15 is 0 Å². The molecule has 1 amide bonds. The third kappa shape index (κ3) is 5.79. The van der Waals surface area contributed by atoms with Gasteiger partial charge in [0.1, 0.15) is 5.75 Å². The highest BCUT2D eigenvalue weighted by molar-refractivity contribution is 8.00. The van der Waals surface area contributed by atoms with Crippen molar-refractivity contribution in [1.82, 2.24) is 5.32 Å². The Balaban J connectivity index is 1.82. The second-order valence-corrected chi connectivity index (χ2v) is 6.76. The monoisotopic (exact) mass is 360 g/mol. The molecule has 2 rings (SSSR count). The number of methoxy groups -OCH3 is 1. The number of ether oxygens (including phenoxy) is 1. The molecule has 6 nitrogen and oxygen atoms in total. The first kappa shape index (κ1) is 18.8. The van der Waals surface area contributed by atoms with Crippen LogP contribution in [0.3, 0.4) is 0 Å². The average molecular weight is 360 g/mol. The predicted octanol–water partition coefficient (Wildman–Crippen LogP) is 3.71. The van der Waals surface area contributed by atoms with E-state index in [1.807, 2.05) is 37.3 Å². The maximum atomic E-state index is 12.0. The maximum absolute atomic E-state index is 12.0. The summed E-state index contributed by atoms with van der Waals surface area (Å²) in [6.07, 6.45) is 0. The maximum Gasteiger partial charge on any atom is 0.269 e. The molecule has 0 saturated carbocycles. The first-order valence-corrected chi connectivity index (χ1v) is 8.80. The molecule has 0 aliphatic carbocycles. The van der Waals surface area contributed by atoms with Crippen molar-refractivity contribution in [3.05, 3.63) is 69.8 Å². The van der Waals surface area contributed by atoms with Crippen LogP contribution in [-0.4, -0.2) is 23.7 Å². The van der Waals surface area contributed by atoms with Gasteiger partial charge in [-0.1, -0.05) is 24.3 Å². The van der Waals surface area contributed by atoms with Crippen LogP contribution in [0.15, 0.2) is 48.5 Å². The minimum Gasteiger partial charge on any atom is -0.497 e. The molecule has 0 unspecified atom stereocenters. The van der Waals surface area contributed by atoms with Crippen molar-refractivity contribution in [3.63, 3.8) is 0 Å². The van der Waals surface area contributed by atoms with Crippen LogP contribution in [0.25, 0.3) is 0 Å². The summed E-state index contributed by atoms with van der Waals surface area (Å²) < 4.78 is 5.15. The molecule has 2 aromatic carbocycles. The number of nitrogens with one attached hydrogen (secondary N) is 1. The fourth-order valence-corrected chi connectivity index (χ4v) is 3.06. The molecule has 0 aromatic heterocycles. The number of carbonyl (C=O) groups excluding carboxylic acids is 1. The van der Waals surface area contributed by atoms with Gasteiger partial charge in [0.2, 0.25) is 5.91 Å². The summed E-state index contributed by atoms with van der Waals surface area (Å²) in [5.74, 6) is 0.957. The highest BCUT2D eigenvalue weighted by Crippen LogP contribution is 2.29. The molecule has 25 heavy (non-hydrogen) atoms. The van der Waals surface area contributed by atoms with Crippen molar-refractivity contribution in [2.45, 2.75) is 18.7 Å². The molecule has 2 aromatic rings. The highest BCUT2D eigenvalue weighted by atomic mass is 32.2. The number of benzene rings is 2. The molecule has 0 heterocycles. The van der Waals surface area contributed by atoms with Gasteiger partial charge in [-0.05, 0) is 30.2 Å². The van der Waals surface area contributed by atoms with Crippen LogP contribution in [0, 0.1) is 10.1 Å². The van der Waals surface area contributed by atoms with E-state index < -0.39 is 4.92 Å². The smallest absolute Gasteiger partial charge is 0.269 e. The number of nitrogens with zero attached hydrogens (tertiary/aromatic N) is 1. The van der Waals surface area contributed by atoms with E-state index in [2.05, 4.69) is 5.32 Å². The van der Waals surface area contributed by atoms with Crippen LogP contribution in [0.5, 0.6) is 5.75 Å². The summed E-state index contributed by atoms with van der Waals surface area (Å²) in [5, 5.41) is 13.7. The topological polar surface area (TPSA) is 81.5 Å². The summed E-state index contributed by atoms with van der Waals surface area (Å²) in [4.78, 5) is 22.4. The van der Waals surface area contributed by atoms with Crippen LogP contribution in [0.2, 0.25) is 0 Å². The number of nitro groups is 1. The molecule has 0 radical (unpaired) electrons. The number of thioether (sulfide) groups is 1. The van der Waals surface area contributed by atoms with E-state index in [1.165, 1.54) is 17.8 Å². The Labute approximate surface area is 150 Å². The summed E-state index contributed by atoms with van der Waals surface area (Å²) in [5.41, 5.74) is 1.86. The number of rotatable bonds is 8. The van der Waals surface area contributed by atoms with Crippen LogP contribution in [-0.2, 0) is 11.3 Å². The molecule has 0 aliphatic rings. The lowest BCUT2D eigenvalue weighted by Crippen LogP contribution is -2.24. The Kier molecular flexibility index (Phi) is 6.82. The molecule has 7 heteroatoms. The zero-order chi connectivity index (χ0) is 18.2. The Morgan fingerprint density at radius 3 is 2.76 bits per heavy atom. The first-order valence-electron chi connectivity index (χ1n) is 7.75. The van der Waals surface area contributed by atoms with Crippen LogP contribution in [0.4, 0.5) is 5.69 Å². The number of hydrogen-bond acceptors (Lipinski definition) is 5. The number of non-ortho nitro benzene ring substituents is 1. The fourth-order valence-electron chi connectivity index (χ4n) is 2.22. The third-order valence-corrected chi connectivity index (χ3v) is 4.84. The van der Waals surface area contributed by atoms with Crippen molar-refractivity contribution >= 4 is 23.4 Å². The summed E-state index contributed by atoms with van der Waals surface area (Å²) in [6.45, 7) is 2.36. The van der Waals surface area contributed by atoms with Gasteiger partial charge in [-0.25, -0.2) is 0 Å². The number of hydrogen-bond donors (Lipinski definition) is 1. The van der Waals surface area contributed by atoms with E-state index in [4.69, 9.17) is 4.74 Å². The lowest BCUT2D eigenvalue weighted by atomic mass is 10.1. The molecule has 0 fully saturated rings. The van der Waals surface area contributed by atoms with Gasteiger partial charge in [0.15, 0.2) is 0 Å². The molecule has 1 N–H and O–H groups in total.